The van der Waals surface area contributed by atoms with Crippen molar-refractivity contribution in [1.29, 1.82) is 0 Å². The number of nitrogens with zero attached hydrogens (tertiary/aromatic N) is 1. The van der Waals surface area contributed by atoms with Gasteiger partial charge in [0.15, 0.2) is 6.61 Å². The third-order valence-electron chi connectivity index (χ3n) is 4.28. The number of rotatable bonds is 8. The van der Waals surface area contributed by atoms with Gasteiger partial charge in [-0.3, -0.25) is 9.59 Å². The molecule has 144 valence electrons. The molecule has 27 heavy (non-hydrogen) atoms. The van der Waals surface area contributed by atoms with Crippen molar-refractivity contribution in [2.45, 2.75) is 26.4 Å². The number of amides is 2. The Morgan fingerprint density at radius 1 is 1.11 bits per heavy atom. The highest BCUT2D eigenvalue weighted by molar-refractivity contribution is 5.87. The Balaban J connectivity index is 2.13. The lowest BCUT2D eigenvalue weighted by Crippen LogP contribution is -2.48. The van der Waals surface area contributed by atoms with Gasteiger partial charge in [-0.2, -0.15) is 0 Å². The average molecular weight is 370 g/mol. The molecule has 6 nitrogen and oxygen atoms in total. The van der Waals surface area contributed by atoms with Crippen molar-refractivity contribution in [2.75, 3.05) is 20.8 Å². The summed E-state index contributed by atoms with van der Waals surface area (Å²) in [6, 6.07) is 14.3. The Labute approximate surface area is 160 Å². The lowest BCUT2D eigenvalue weighted by atomic mass is 10.1. The van der Waals surface area contributed by atoms with Gasteiger partial charge in [0.1, 0.15) is 17.5 Å². The zero-order chi connectivity index (χ0) is 19.8. The quantitative estimate of drug-likeness (QED) is 0.775. The molecule has 2 amide bonds. The molecule has 0 fully saturated rings. The van der Waals surface area contributed by atoms with E-state index in [2.05, 4.69) is 5.32 Å². The monoisotopic (exact) mass is 370 g/mol. The highest BCUT2D eigenvalue weighted by atomic mass is 16.5. The molecular weight excluding hydrogens is 344 g/mol. The van der Waals surface area contributed by atoms with Crippen molar-refractivity contribution < 1.29 is 19.1 Å². The molecule has 0 aliphatic heterocycles. The highest BCUT2D eigenvalue weighted by Gasteiger charge is 2.26. The predicted octanol–water partition coefficient (Wildman–Crippen LogP) is 2.55. The molecule has 0 aliphatic rings. The number of likely N-dealkylation sites (N-methyl/N-ethyl adjacent to an activating group) is 1. The Kier molecular flexibility index (Phi) is 7.23. The average Bonchev–Trinajstić information content (AvgIpc) is 2.70. The highest BCUT2D eigenvalue weighted by Crippen LogP contribution is 2.17. The van der Waals surface area contributed by atoms with E-state index in [1.54, 1.807) is 21.1 Å². The molecule has 0 bridgehead atoms. The molecule has 0 saturated carbocycles. The number of carbonyl (C=O) groups is 2. The molecule has 0 aliphatic carbocycles. The number of aryl methyl sites for hydroxylation is 1. The van der Waals surface area contributed by atoms with Gasteiger partial charge in [-0.05, 0) is 43.7 Å². The third-order valence-corrected chi connectivity index (χ3v) is 4.28. The number of methoxy groups -OCH3 is 1. The van der Waals surface area contributed by atoms with Gasteiger partial charge in [-0.1, -0.05) is 29.8 Å². The molecule has 0 unspecified atom stereocenters. The van der Waals surface area contributed by atoms with E-state index in [1.165, 1.54) is 4.90 Å². The second-order valence-corrected chi connectivity index (χ2v) is 6.27. The van der Waals surface area contributed by atoms with E-state index in [4.69, 9.17) is 9.47 Å². The first-order valence-corrected chi connectivity index (χ1v) is 8.78. The number of hydrogen-bond donors (Lipinski definition) is 1. The van der Waals surface area contributed by atoms with Gasteiger partial charge in [-0.25, -0.2) is 0 Å². The first-order valence-electron chi connectivity index (χ1n) is 8.78. The number of benzene rings is 2. The normalized spacial score (nSPS) is 11.4. The topological polar surface area (TPSA) is 67.9 Å². The van der Waals surface area contributed by atoms with Crippen molar-refractivity contribution in [2.24, 2.45) is 0 Å². The second kappa shape index (κ2) is 9.62. The molecule has 0 radical (unpaired) electrons. The summed E-state index contributed by atoms with van der Waals surface area (Å²) >= 11 is 0. The van der Waals surface area contributed by atoms with Crippen LogP contribution in [-0.2, 0) is 16.1 Å². The van der Waals surface area contributed by atoms with E-state index in [9.17, 15) is 9.59 Å². The molecule has 2 aromatic rings. The Morgan fingerprint density at radius 2 is 1.81 bits per heavy atom. The van der Waals surface area contributed by atoms with Crippen LogP contribution in [0.15, 0.2) is 48.5 Å². The third kappa shape index (κ3) is 5.74. The molecule has 1 atom stereocenters. The molecular formula is C21H26N2O4. The van der Waals surface area contributed by atoms with Gasteiger partial charge in [0.25, 0.3) is 5.91 Å². The van der Waals surface area contributed by atoms with E-state index in [0.717, 1.165) is 11.1 Å². The van der Waals surface area contributed by atoms with Crippen LogP contribution in [-0.4, -0.2) is 43.5 Å². The molecule has 6 heteroatoms. The van der Waals surface area contributed by atoms with E-state index in [1.807, 2.05) is 55.5 Å². The second-order valence-electron chi connectivity index (χ2n) is 6.27. The van der Waals surface area contributed by atoms with Crippen LogP contribution in [0.25, 0.3) is 0 Å². The maximum Gasteiger partial charge on any atom is 0.261 e. The van der Waals surface area contributed by atoms with Gasteiger partial charge in [-0.15, -0.1) is 0 Å². The zero-order valence-corrected chi connectivity index (χ0v) is 16.2. The predicted molar refractivity (Wildman–Crippen MR) is 104 cm³/mol. The number of nitrogens with one attached hydrogen (secondary N) is 1. The van der Waals surface area contributed by atoms with E-state index >= 15 is 0 Å². The Bertz CT molecular complexity index is 774. The maximum absolute atomic E-state index is 12.8. The van der Waals surface area contributed by atoms with Crippen LogP contribution in [0.4, 0.5) is 0 Å². The van der Waals surface area contributed by atoms with Crippen LogP contribution in [0, 0.1) is 6.92 Å². The van der Waals surface area contributed by atoms with Crippen LogP contribution in [0.5, 0.6) is 11.5 Å². The lowest BCUT2D eigenvalue weighted by molar-refractivity contribution is -0.142. The van der Waals surface area contributed by atoms with Gasteiger partial charge in [0.05, 0.1) is 7.11 Å². The van der Waals surface area contributed by atoms with Crippen molar-refractivity contribution in [1.82, 2.24) is 10.2 Å². The lowest BCUT2D eigenvalue weighted by Gasteiger charge is -2.28. The summed E-state index contributed by atoms with van der Waals surface area (Å²) in [5, 5.41) is 2.59. The molecule has 0 saturated heterocycles. The standard InChI is InChI=1S/C21H26N2O4/c1-15-8-10-18(11-9-15)27-14-20(24)23(16(2)21(25)22-3)13-17-6-5-7-19(12-17)26-4/h5-12,16H,13-14H2,1-4H3,(H,22,25)/t16-/m1/s1. The number of hydrogen-bond acceptors (Lipinski definition) is 4. The molecule has 2 rings (SSSR count). The summed E-state index contributed by atoms with van der Waals surface area (Å²) < 4.78 is 10.8. The fraction of sp³-hybridized carbons (Fsp3) is 0.333. The first kappa shape index (κ1) is 20.3. The van der Waals surface area contributed by atoms with E-state index in [0.29, 0.717) is 11.5 Å². The van der Waals surface area contributed by atoms with Crippen molar-refractivity contribution >= 4 is 11.8 Å². The summed E-state index contributed by atoms with van der Waals surface area (Å²) in [5.74, 6) is 0.808. The van der Waals surface area contributed by atoms with Crippen LogP contribution >= 0.6 is 0 Å². The molecule has 2 aromatic carbocycles. The molecule has 0 heterocycles. The Morgan fingerprint density at radius 3 is 2.44 bits per heavy atom. The minimum atomic E-state index is -0.629. The summed E-state index contributed by atoms with van der Waals surface area (Å²) in [4.78, 5) is 26.4. The van der Waals surface area contributed by atoms with Gasteiger partial charge < -0.3 is 19.7 Å². The fourth-order valence-electron chi connectivity index (χ4n) is 2.62. The van der Waals surface area contributed by atoms with Gasteiger partial charge >= 0.3 is 0 Å². The van der Waals surface area contributed by atoms with Crippen LogP contribution in [0.3, 0.4) is 0 Å². The van der Waals surface area contributed by atoms with Gasteiger partial charge in [0.2, 0.25) is 5.91 Å². The van der Waals surface area contributed by atoms with Crippen LogP contribution in [0.2, 0.25) is 0 Å². The molecule has 0 aromatic heterocycles. The van der Waals surface area contributed by atoms with Crippen molar-refractivity contribution in [3.63, 3.8) is 0 Å². The van der Waals surface area contributed by atoms with Crippen molar-refractivity contribution in [3.8, 4) is 11.5 Å². The largest absolute Gasteiger partial charge is 0.497 e. The summed E-state index contributed by atoms with van der Waals surface area (Å²) in [6.45, 7) is 3.81. The summed E-state index contributed by atoms with van der Waals surface area (Å²) in [5.41, 5.74) is 1.98. The SMILES string of the molecule is CNC(=O)[C@@H](C)N(Cc1cccc(OC)c1)C(=O)COc1ccc(C)cc1. The van der Waals surface area contributed by atoms with Crippen molar-refractivity contribution in [3.05, 3.63) is 59.7 Å². The smallest absolute Gasteiger partial charge is 0.261 e. The molecule has 0 spiro atoms. The summed E-state index contributed by atoms with van der Waals surface area (Å²) in [6.07, 6.45) is 0. The van der Waals surface area contributed by atoms with Crippen LogP contribution < -0.4 is 14.8 Å². The van der Waals surface area contributed by atoms with Crippen LogP contribution in [0.1, 0.15) is 18.1 Å². The first-order chi connectivity index (χ1) is 12.9. The van der Waals surface area contributed by atoms with E-state index < -0.39 is 6.04 Å². The maximum atomic E-state index is 12.8. The number of ether oxygens (including phenoxy) is 2. The zero-order valence-electron chi connectivity index (χ0n) is 16.2. The van der Waals surface area contributed by atoms with E-state index in [-0.39, 0.29) is 25.0 Å². The molecule has 1 N–H and O–H groups in total. The summed E-state index contributed by atoms with van der Waals surface area (Å²) in [7, 11) is 3.14. The van der Waals surface area contributed by atoms with Gasteiger partial charge in [0, 0.05) is 13.6 Å². The Hall–Kier alpha value is -3.02. The fourth-order valence-corrected chi connectivity index (χ4v) is 2.62. The minimum Gasteiger partial charge on any atom is -0.497 e. The minimum absolute atomic E-state index is 0.144. The number of carbonyl (C=O) groups excluding carboxylic acids is 2.